The Morgan fingerprint density at radius 3 is 2.51 bits per heavy atom. The third-order valence-electron chi connectivity index (χ3n) is 6.41. The fourth-order valence-corrected chi connectivity index (χ4v) is 5.68. The van der Waals surface area contributed by atoms with Gasteiger partial charge >= 0.3 is 0 Å². The monoisotopic (exact) mass is 508 g/mol. The maximum Gasteiger partial charge on any atom is 0.265 e. The first-order valence-corrected chi connectivity index (χ1v) is 12.9. The highest BCUT2D eigenvalue weighted by Gasteiger charge is 2.27. The van der Waals surface area contributed by atoms with Gasteiger partial charge in [-0.3, -0.25) is 14.5 Å². The SMILES string of the molecule is Cc1cc(CN2CCN(C)CC2)cc(CN2C(=O)COc3ccc(/C=C4/SC(=S)NC4=O)cc32)c1. The summed E-state index contributed by atoms with van der Waals surface area (Å²) in [5.41, 5.74) is 5.07. The molecule has 0 atom stereocenters. The van der Waals surface area contributed by atoms with E-state index in [1.807, 2.05) is 18.2 Å². The van der Waals surface area contributed by atoms with Crippen LogP contribution in [-0.4, -0.2) is 65.8 Å². The van der Waals surface area contributed by atoms with Crippen LogP contribution in [0.15, 0.2) is 41.3 Å². The maximum atomic E-state index is 12.9. The van der Waals surface area contributed by atoms with Gasteiger partial charge in [0.15, 0.2) is 6.61 Å². The van der Waals surface area contributed by atoms with Crippen LogP contribution < -0.4 is 15.0 Å². The molecular weight excluding hydrogens is 480 g/mol. The molecule has 7 nitrogen and oxygen atoms in total. The molecule has 0 aromatic heterocycles. The van der Waals surface area contributed by atoms with Crippen molar-refractivity contribution in [1.29, 1.82) is 0 Å². The minimum atomic E-state index is -0.199. The van der Waals surface area contributed by atoms with Gasteiger partial charge in [-0.05, 0) is 48.9 Å². The lowest BCUT2D eigenvalue weighted by atomic mass is 10.0. The van der Waals surface area contributed by atoms with Gasteiger partial charge in [0.2, 0.25) is 0 Å². The topological polar surface area (TPSA) is 65.1 Å². The number of aryl methyl sites for hydroxylation is 1. The smallest absolute Gasteiger partial charge is 0.265 e. The molecule has 3 aliphatic rings. The van der Waals surface area contributed by atoms with Gasteiger partial charge in [0.05, 0.1) is 17.1 Å². The van der Waals surface area contributed by atoms with E-state index in [4.69, 9.17) is 17.0 Å². The maximum absolute atomic E-state index is 12.9. The standard InChI is InChI=1S/C26H28N4O3S2/c1-17-9-19(14-29-7-5-28(2)6-8-29)11-20(10-17)15-30-21-12-18(3-4-22(21)33-16-24(30)31)13-23-25(32)27-26(34)35-23/h3-4,9-13H,5-8,14-16H2,1-2H3,(H,27,32,34)/b23-13+. The molecule has 0 bridgehead atoms. The molecule has 0 radical (unpaired) electrons. The van der Waals surface area contributed by atoms with Crippen LogP contribution in [0, 0.1) is 6.92 Å². The van der Waals surface area contributed by atoms with Crippen molar-refractivity contribution < 1.29 is 14.3 Å². The van der Waals surface area contributed by atoms with Gasteiger partial charge in [0.25, 0.3) is 11.8 Å². The van der Waals surface area contributed by atoms with Crippen molar-refractivity contribution in [1.82, 2.24) is 15.1 Å². The summed E-state index contributed by atoms with van der Waals surface area (Å²) in [7, 11) is 2.16. The summed E-state index contributed by atoms with van der Waals surface area (Å²) in [6, 6.07) is 12.2. The fraction of sp³-hybridized carbons (Fsp3) is 0.346. The van der Waals surface area contributed by atoms with E-state index < -0.39 is 0 Å². The van der Waals surface area contributed by atoms with Gasteiger partial charge in [0.1, 0.15) is 10.1 Å². The van der Waals surface area contributed by atoms with E-state index in [-0.39, 0.29) is 18.4 Å². The van der Waals surface area contributed by atoms with Crippen LogP contribution >= 0.6 is 24.0 Å². The van der Waals surface area contributed by atoms with E-state index in [2.05, 4.69) is 47.3 Å². The highest BCUT2D eigenvalue weighted by Crippen LogP contribution is 2.36. The zero-order valence-corrected chi connectivity index (χ0v) is 21.5. The molecular formula is C26H28N4O3S2. The van der Waals surface area contributed by atoms with Crippen molar-refractivity contribution in [3.8, 4) is 5.75 Å². The van der Waals surface area contributed by atoms with Gasteiger partial charge in [-0.2, -0.15) is 0 Å². The number of amides is 2. The van der Waals surface area contributed by atoms with Crippen molar-refractivity contribution in [3.63, 3.8) is 0 Å². The molecule has 0 aliphatic carbocycles. The molecule has 9 heteroatoms. The zero-order valence-electron chi connectivity index (χ0n) is 19.9. The number of piperazine rings is 1. The molecule has 0 unspecified atom stereocenters. The normalized spacial score (nSPS) is 20.2. The highest BCUT2D eigenvalue weighted by atomic mass is 32.2. The first-order valence-electron chi connectivity index (χ1n) is 11.7. The van der Waals surface area contributed by atoms with E-state index in [1.54, 1.807) is 11.0 Å². The summed E-state index contributed by atoms with van der Waals surface area (Å²) >= 11 is 6.32. The number of thioether (sulfide) groups is 1. The second-order valence-electron chi connectivity index (χ2n) is 9.25. The van der Waals surface area contributed by atoms with Crippen LogP contribution in [0.4, 0.5) is 5.69 Å². The molecule has 2 aromatic rings. The predicted octanol–water partition coefficient (Wildman–Crippen LogP) is 3.16. The van der Waals surface area contributed by atoms with E-state index in [0.29, 0.717) is 27.2 Å². The number of likely N-dealkylation sites (N-methyl/N-ethyl adjacent to an activating group) is 1. The molecule has 1 N–H and O–H groups in total. The van der Waals surface area contributed by atoms with Crippen LogP contribution in [0.3, 0.4) is 0 Å². The largest absolute Gasteiger partial charge is 0.482 e. The van der Waals surface area contributed by atoms with Crippen LogP contribution in [0.25, 0.3) is 6.08 Å². The quantitative estimate of drug-likeness (QED) is 0.492. The van der Waals surface area contributed by atoms with Crippen molar-refractivity contribution in [2.24, 2.45) is 0 Å². The van der Waals surface area contributed by atoms with Crippen LogP contribution in [0.2, 0.25) is 0 Å². The Balaban J connectivity index is 1.39. The fourth-order valence-electron chi connectivity index (χ4n) is 4.63. The number of carbonyl (C=O) groups excluding carboxylic acids is 2. The highest BCUT2D eigenvalue weighted by molar-refractivity contribution is 8.26. The second-order valence-corrected chi connectivity index (χ2v) is 11.0. The Morgan fingerprint density at radius 2 is 1.80 bits per heavy atom. The molecule has 3 aliphatic heterocycles. The van der Waals surface area contributed by atoms with E-state index in [1.165, 1.54) is 22.9 Å². The molecule has 0 spiro atoms. The number of nitrogens with one attached hydrogen (secondary N) is 1. The first kappa shape index (κ1) is 24.0. The summed E-state index contributed by atoms with van der Waals surface area (Å²) in [6.07, 6.45) is 1.79. The van der Waals surface area contributed by atoms with Gasteiger partial charge < -0.3 is 19.9 Å². The van der Waals surface area contributed by atoms with Gasteiger partial charge in [0, 0.05) is 32.7 Å². The Kier molecular flexibility index (Phi) is 6.93. The lowest BCUT2D eigenvalue weighted by molar-refractivity contribution is -0.121. The molecule has 3 heterocycles. The number of hydrogen-bond acceptors (Lipinski definition) is 7. The number of rotatable bonds is 5. The second kappa shape index (κ2) is 10.1. The summed E-state index contributed by atoms with van der Waals surface area (Å²) in [4.78, 5) is 32.2. The molecule has 2 saturated heterocycles. The number of thiocarbonyl (C=S) groups is 1. The lowest BCUT2D eigenvalue weighted by Crippen LogP contribution is -2.43. The molecule has 2 amide bonds. The Labute approximate surface area is 215 Å². The number of hydrogen-bond donors (Lipinski definition) is 1. The average Bonchev–Trinajstić information content (AvgIpc) is 3.13. The molecule has 35 heavy (non-hydrogen) atoms. The molecule has 2 aromatic carbocycles. The number of carbonyl (C=O) groups is 2. The number of nitrogens with zero attached hydrogens (tertiary/aromatic N) is 3. The van der Waals surface area contributed by atoms with Gasteiger partial charge in [-0.15, -0.1) is 0 Å². The predicted molar refractivity (Wildman–Crippen MR) is 143 cm³/mol. The lowest BCUT2D eigenvalue weighted by Gasteiger charge is -2.32. The van der Waals surface area contributed by atoms with Crippen molar-refractivity contribution >= 4 is 51.9 Å². The number of benzene rings is 2. The summed E-state index contributed by atoms with van der Waals surface area (Å²) in [6.45, 7) is 7.79. The van der Waals surface area contributed by atoms with E-state index in [0.717, 1.165) is 43.9 Å². The first-order chi connectivity index (χ1) is 16.8. The molecule has 182 valence electrons. The van der Waals surface area contributed by atoms with E-state index >= 15 is 0 Å². The Hall–Kier alpha value is -2.72. The third-order valence-corrected chi connectivity index (χ3v) is 7.57. The zero-order chi connectivity index (χ0) is 24.5. The molecule has 0 saturated carbocycles. The third kappa shape index (κ3) is 5.59. The van der Waals surface area contributed by atoms with Crippen LogP contribution in [0.5, 0.6) is 5.75 Å². The van der Waals surface area contributed by atoms with Crippen LogP contribution in [0.1, 0.15) is 22.3 Å². The number of ether oxygens (including phenoxy) is 1. The summed E-state index contributed by atoms with van der Waals surface area (Å²) in [5, 5.41) is 2.63. The van der Waals surface area contributed by atoms with Gasteiger partial charge in [-0.1, -0.05) is 53.8 Å². The Morgan fingerprint density at radius 1 is 1.06 bits per heavy atom. The minimum absolute atomic E-state index is 0.0138. The summed E-state index contributed by atoms with van der Waals surface area (Å²) in [5.74, 6) is 0.379. The van der Waals surface area contributed by atoms with Crippen LogP contribution in [-0.2, 0) is 22.7 Å². The van der Waals surface area contributed by atoms with Gasteiger partial charge in [-0.25, -0.2) is 0 Å². The summed E-state index contributed by atoms with van der Waals surface area (Å²) < 4.78 is 6.15. The molecule has 2 fully saturated rings. The van der Waals surface area contributed by atoms with Crippen molar-refractivity contribution in [2.75, 3.05) is 44.7 Å². The molecule has 5 rings (SSSR count). The van der Waals surface area contributed by atoms with Crippen molar-refractivity contribution in [2.45, 2.75) is 20.0 Å². The Bertz CT molecular complexity index is 1220. The number of anilines is 1. The number of fused-ring (bicyclic) bond motifs is 1. The minimum Gasteiger partial charge on any atom is -0.482 e. The van der Waals surface area contributed by atoms with Crippen molar-refractivity contribution in [3.05, 3.63) is 63.6 Å². The van der Waals surface area contributed by atoms with E-state index in [9.17, 15) is 9.59 Å². The average molecular weight is 509 g/mol.